The van der Waals surface area contributed by atoms with Crippen LogP contribution in [-0.4, -0.2) is 33.4 Å². The Labute approximate surface area is 200 Å². The van der Waals surface area contributed by atoms with Crippen LogP contribution in [0.15, 0.2) is 52.1 Å². The van der Waals surface area contributed by atoms with E-state index in [1.54, 1.807) is 4.57 Å². The molecule has 2 aromatic carbocycles. The maximum absolute atomic E-state index is 13.2. The molecule has 0 unspecified atom stereocenters. The lowest BCUT2D eigenvalue weighted by Gasteiger charge is -2.12. The number of aromatic nitrogens is 2. The molecule has 0 spiro atoms. The first-order chi connectivity index (χ1) is 16.3. The summed E-state index contributed by atoms with van der Waals surface area (Å²) in [5, 5.41) is 17.0. The van der Waals surface area contributed by atoms with Crippen molar-refractivity contribution in [2.24, 2.45) is 13.0 Å². The van der Waals surface area contributed by atoms with Crippen LogP contribution in [0.3, 0.4) is 0 Å². The lowest BCUT2D eigenvalue weighted by molar-refractivity contribution is 0.245. The van der Waals surface area contributed by atoms with E-state index in [0.717, 1.165) is 25.8 Å². The van der Waals surface area contributed by atoms with Crippen LogP contribution in [0.2, 0.25) is 0 Å². The van der Waals surface area contributed by atoms with Crippen molar-refractivity contribution in [3.8, 4) is 0 Å². The number of carbonyl (C=O) groups excluding carboxylic acids is 1. The van der Waals surface area contributed by atoms with Gasteiger partial charge in [-0.3, -0.25) is 13.9 Å². The molecule has 0 bridgehead atoms. The second-order valence-electron chi connectivity index (χ2n) is 8.65. The lowest BCUT2D eigenvalue weighted by Crippen LogP contribution is -2.39. The van der Waals surface area contributed by atoms with Crippen molar-refractivity contribution in [3.63, 3.8) is 0 Å². The monoisotopic (exact) mass is 480 g/mol. The van der Waals surface area contributed by atoms with Crippen LogP contribution in [0.5, 0.6) is 0 Å². The number of hydrogen-bond acceptors (Lipinski definition) is 5. The zero-order valence-electron chi connectivity index (χ0n) is 19.4. The quantitative estimate of drug-likeness (QED) is 0.378. The fraction of sp³-hybridized carbons (Fsp3) is 0.320. The van der Waals surface area contributed by atoms with E-state index >= 15 is 0 Å². The van der Waals surface area contributed by atoms with Crippen molar-refractivity contribution in [1.82, 2.24) is 14.5 Å². The molecule has 0 aliphatic heterocycles. The van der Waals surface area contributed by atoms with Crippen LogP contribution < -0.4 is 21.9 Å². The Hall–Kier alpha value is -3.43. The number of aliphatic hydroxyl groups is 1. The molecule has 2 amide bonds. The highest BCUT2D eigenvalue weighted by Gasteiger charge is 2.23. The van der Waals surface area contributed by atoms with Crippen molar-refractivity contribution in [2.75, 3.05) is 18.5 Å². The van der Waals surface area contributed by atoms with Crippen LogP contribution in [0.1, 0.15) is 24.3 Å². The third-order valence-corrected chi connectivity index (χ3v) is 6.87. The van der Waals surface area contributed by atoms with Crippen LogP contribution in [-0.2, 0) is 20.0 Å². The van der Waals surface area contributed by atoms with Crippen molar-refractivity contribution >= 4 is 44.0 Å². The fourth-order valence-corrected chi connectivity index (χ4v) is 5.38. The number of urea groups is 1. The van der Waals surface area contributed by atoms with E-state index < -0.39 is 11.6 Å². The summed E-state index contributed by atoms with van der Waals surface area (Å²) in [7, 11) is 1.46. The summed E-state index contributed by atoms with van der Waals surface area (Å²) in [5.74, 6) is 0.186. The van der Waals surface area contributed by atoms with E-state index in [-0.39, 0.29) is 24.8 Å². The lowest BCUT2D eigenvalue weighted by atomic mass is 10.0. The summed E-state index contributed by atoms with van der Waals surface area (Å²) in [5.41, 5.74) is 0.637. The highest BCUT2D eigenvalue weighted by Crippen LogP contribution is 2.36. The van der Waals surface area contributed by atoms with Crippen molar-refractivity contribution in [2.45, 2.75) is 26.8 Å². The second kappa shape index (κ2) is 9.82. The Morgan fingerprint density at radius 2 is 1.85 bits per heavy atom. The molecule has 0 atom stereocenters. The average molecular weight is 481 g/mol. The number of amides is 2. The molecule has 0 aliphatic rings. The molecule has 3 N–H and O–H groups in total. The summed E-state index contributed by atoms with van der Waals surface area (Å²) in [6.45, 7) is 4.36. The van der Waals surface area contributed by atoms with Gasteiger partial charge in [-0.05, 0) is 22.3 Å². The molecule has 0 radical (unpaired) electrons. The summed E-state index contributed by atoms with van der Waals surface area (Å²) < 4.78 is 2.71. The SMILES string of the molecule is CC(C)Cn1c(=O)n(C)c(=O)c2c(NC(=O)NCCO)c(Cc3cccc4ccccc34)sc21. The maximum Gasteiger partial charge on any atom is 0.331 e. The predicted octanol–water partition coefficient (Wildman–Crippen LogP) is 3.28. The van der Waals surface area contributed by atoms with Crippen LogP contribution >= 0.6 is 11.3 Å². The summed E-state index contributed by atoms with van der Waals surface area (Å²) in [4.78, 5) is 40.1. The van der Waals surface area contributed by atoms with E-state index in [9.17, 15) is 14.4 Å². The molecule has 0 saturated carbocycles. The Balaban J connectivity index is 1.95. The molecule has 2 aromatic heterocycles. The zero-order valence-corrected chi connectivity index (χ0v) is 20.2. The van der Waals surface area contributed by atoms with E-state index in [1.807, 2.05) is 56.3 Å². The molecule has 0 fully saturated rings. The number of thiophene rings is 1. The van der Waals surface area contributed by atoms with Gasteiger partial charge in [0.1, 0.15) is 4.83 Å². The molecule has 9 heteroatoms. The zero-order chi connectivity index (χ0) is 24.4. The summed E-state index contributed by atoms with van der Waals surface area (Å²) in [6.07, 6.45) is 0.481. The number of benzene rings is 2. The van der Waals surface area contributed by atoms with Gasteiger partial charge in [-0.1, -0.05) is 56.3 Å². The molecular formula is C25H28N4O4S. The Bertz CT molecular complexity index is 1480. The molecular weight excluding hydrogens is 452 g/mol. The van der Waals surface area contributed by atoms with Gasteiger partial charge >= 0.3 is 11.7 Å². The number of carbonyl (C=O) groups is 1. The normalized spacial score (nSPS) is 11.4. The minimum atomic E-state index is -0.517. The molecule has 4 rings (SSSR count). The number of nitrogens with one attached hydrogen (secondary N) is 2. The molecule has 8 nitrogen and oxygen atoms in total. The first-order valence-corrected chi connectivity index (χ1v) is 12.0. The summed E-state index contributed by atoms with van der Waals surface area (Å²) in [6, 6.07) is 13.6. The maximum atomic E-state index is 13.2. The van der Waals surface area contributed by atoms with Crippen LogP contribution in [0.4, 0.5) is 10.5 Å². The van der Waals surface area contributed by atoms with Crippen molar-refractivity contribution < 1.29 is 9.90 Å². The van der Waals surface area contributed by atoms with Gasteiger partial charge < -0.3 is 15.7 Å². The van der Waals surface area contributed by atoms with Gasteiger partial charge in [0.05, 0.1) is 17.7 Å². The average Bonchev–Trinajstić information content (AvgIpc) is 3.16. The first kappa shape index (κ1) is 23.7. The van der Waals surface area contributed by atoms with Gasteiger partial charge in [-0.15, -0.1) is 11.3 Å². The number of nitrogens with zero attached hydrogens (tertiary/aromatic N) is 2. The van der Waals surface area contributed by atoms with Crippen LogP contribution in [0, 0.1) is 5.92 Å². The van der Waals surface area contributed by atoms with Gasteiger partial charge in [-0.2, -0.15) is 0 Å². The molecule has 2 heterocycles. The molecule has 178 valence electrons. The Morgan fingerprint density at radius 3 is 2.59 bits per heavy atom. The van der Waals surface area contributed by atoms with E-state index in [1.165, 1.54) is 18.4 Å². The highest BCUT2D eigenvalue weighted by molar-refractivity contribution is 7.19. The minimum absolute atomic E-state index is 0.0859. The van der Waals surface area contributed by atoms with E-state index in [2.05, 4.69) is 10.6 Å². The third kappa shape index (κ3) is 4.49. The van der Waals surface area contributed by atoms with Gasteiger partial charge in [0.2, 0.25) is 0 Å². The number of rotatable bonds is 7. The molecule has 4 aromatic rings. The van der Waals surface area contributed by atoms with Crippen molar-refractivity contribution in [1.29, 1.82) is 0 Å². The minimum Gasteiger partial charge on any atom is -0.395 e. The molecule has 0 aliphatic carbocycles. The fourth-order valence-electron chi connectivity index (χ4n) is 4.11. The van der Waals surface area contributed by atoms with E-state index in [4.69, 9.17) is 5.11 Å². The van der Waals surface area contributed by atoms with E-state index in [0.29, 0.717) is 28.9 Å². The topological polar surface area (TPSA) is 105 Å². The van der Waals surface area contributed by atoms with Crippen molar-refractivity contribution in [3.05, 3.63) is 73.7 Å². The second-order valence-corrected chi connectivity index (χ2v) is 9.73. The number of hydrogen-bond donors (Lipinski definition) is 3. The third-order valence-electron chi connectivity index (χ3n) is 5.66. The Morgan fingerprint density at radius 1 is 1.12 bits per heavy atom. The predicted molar refractivity (Wildman–Crippen MR) is 137 cm³/mol. The van der Waals surface area contributed by atoms with Gasteiger partial charge in [0, 0.05) is 31.4 Å². The first-order valence-electron chi connectivity index (χ1n) is 11.2. The highest BCUT2D eigenvalue weighted by atomic mass is 32.1. The molecule has 34 heavy (non-hydrogen) atoms. The van der Waals surface area contributed by atoms with Gasteiger partial charge in [0.15, 0.2) is 0 Å². The van der Waals surface area contributed by atoms with Crippen LogP contribution in [0.25, 0.3) is 21.0 Å². The van der Waals surface area contributed by atoms with Gasteiger partial charge in [0.25, 0.3) is 5.56 Å². The standard InChI is InChI=1S/C25H28N4O4S/c1-15(2)14-29-23-20(22(31)28(3)25(29)33)21(27-24(32)26-11-12-30)19(34-23)13-17-9-6-8-16-7-4-5-10-18(16)17/h4-10,15,30H,11-14H2,1-3H3,(H2,26,27,32). The number of aliphatic hydroxyl groups excluding tert-OH is 1. The van der Waals surface area contributed by atoms with Gasteiger partial charge in [-0.25, -0.2) is 9.59 Å². The largest absolute Gasteiger partial charge is 0.395 e. The Kier molecular flexibility index (Phi) is 6.85. The number of anilines is 1. The number of fused-ring (bicyclic) bond motifs is 2. The molecule has 0 saturated heterocycles. The summed E-state index contributed by atoms with van der Waals surface area (Å²) >= 11 is 1.36. The smallest absolute Gasteiger partial charge is 0.331 e.